The smallest absolute Gasteiger partial charge is 0.307 e. The molecule has 3 rings (SSSR count). The molecule has 3 aliphatic carbocycles. The lowest BCUT2D eigenvalue weighted by Crippen LogP contribution is -2.62. The number of carbonyl (C=O) groups is 1. The molecule has 1 N–H and O–H groups in total. The fourth-order valence-electron chi connectivity index (χ4n) is 5.63. The summed E-state index contributed by atoms with van der Waals surface area (Å²) in [5.41, 5.74) is -0.991. The zero-order valence-corrected chi connectivity index (χ0v) is 13.5. The maximum atomic E-state index is 12.0. The molecule has 0 aliphatic heterocycles. The van der Waals surface area contributed by atoms with Gasteiger partial charge in [0.05, 0.1) is 11.3 Å². The first-order valence-corrected chi connectivity index (χ1v) is 8.16. The van der Waals surface area contributed by atoms with E-state index in [-0.39, 0.29) is 22.8 Å². The van der Waals surface area contributed by atoms with Crippen LogP contribution in [0.4, 0.5) is 0 Å². The third-order valence-corrected chi connectivity index (χ3v) is 6.47. The Morgan fingerprint density at radius 3 is 2.50 bits per heavy atom. The van der Waals surface area contributed by atoms with Crippen LogP contribution in [0, 0.1) is 44.1 Å². The zero-order valence-electron chi connectivity index (χ0n) is 13.5. The van der Waals surface area contributed by atoms with Crippen molar-refractivity contribution in [3.63, 3.8) is 0 Å². The second-order valence-electron chi connectivity index (χ2n) is 8.64. The first-order valence-electron chi connectivity index (χ1n) is 8.16. The normalized spacial score (nSPS) is 36.3. The van der Waals surface area contributed by atoms with Gasteiger partial charge in [-0.25, -0.2) is 0 Å². The lowest BCUT2D eigenvalue weighted by atomic mass is 9.41. The van der Waals surface area contributed by atoms with Crippen LogP contribution in [-0.4, -0.2) is 22.5 Å². The molecule has 5 nitrogen and oxygen atoms in total. The fourth-order valence-corrected chi connectivity index (χ4v) is 5.63. The summed E-state index contributed by atoms with van der Waals surface area (Å²) in [7, 11) is 0. The highest BCUT2D eigenvalue weighted by molar-refractivity contribution is 5.72. The summed E-state index contributed by atoms with van der Waals surface area (Å²) in [6, 6.07) is 0. The van der Waals surface area contributed by atoms with Crippen molar-refractivity contribution >= 4 is 5.97 Å². The van der Waals surface area contributed by atoms with Gasteiger partial charge in [0.2, 0.25) is 6.54 Å². The molecule has 0 aromatic carbocycles. The van der Waals surface area contributed by atoms with E-state index in [0.717, 1.165) is 12.8 Å². The summed E-state index contributed by atoms with van der Waals surface area (Å²) in [6.07, 6.45) is 8.57. The first kappa shape index (κ1) is 15.5. The Bertz CT molecular complexity index is 543. The third kappa shape index (κ3) is 1.94. The molecule has 1 spiro atoms. The number of carboxylic acids is 1. The lowest BCUT2D eigenvalue weighted by Gasteiger charge is -2.61. The van der Waals surface area contributed by atoms with Crippen LogP contribution in [0.15, 0.2) is 12.2 Å². The summed E-state index contributed by atoms with van der Waals surface area (Å²) < 4.78 is 0. The number of hydrogen-bond acceptors (Lipinski definition) is 3. The Balaban J connectivity index is 1.96. The van der Waals surface area contributed by atoms with Crippen LogP contribution in [0.2, 0.25) is 0 Å². The highest BCUT2D eigenvalue weighted by Gasteiger charge is 2.70. The van der Waals surface area contributed by atoms with Gasteiger partial charge in [-0.05, 0) is 41.9 Å². The van der Waals surface area contributed by atoms with Crippen LogP contribution >= 0.6 is 0 Å². The molecule has 1 unspecified atom stereocenters. The summed E-state index contributed by atoms with van der Waals surface area (Å²) in [4.78, 5) is 22.9. The van der Waals surface area contributed by atoms with Gasteiger partial charge in [0.1, 0.15) is 0 Å². The predicted molar refractivity (Wildman–Crippen MR) is 81.9 cm³/mol. The molecule has 0 radical (unpaired) electrons. The topological polar surface area (TPSA) is 80.4 Å². The van der Waals surface area contributed by atoms with Gasteiger partial charge in [-0.3, -0.25) is 14.9 Å². The molecular formula is C17H25NO4. The van der Waals surface area contributed by atoms with Crippen molar-refractivity contribution in [1.29, 1.82) is 0 Å². The van der Waals surface area contributed by atoms with Gasteiger partial charge in [0.25, 0.3) is 0 Å². The molecular weight excluding hydrogens is 282 g/mol. The highest BCUT2D eigenvalue weighted by atomic mass is 16.6. The zero-order chi connectivity index (χ0) is 16.3. The van der Waals surface area contributed by atoms with Crippen LogP contribution in [-0.2, 0) is 4.79 Å². The molecule has 0 saturated heterocycles. The van der Waals surface area contributed by atoms with Gasteiger partial charge in [0.15, 0.2) is 0 Å². The van der Waals surface area contributed by atoms with Crippen LogP contribution in [0.3, 0.4) is 0 Å². The number of rotatable bonds is 4. The molecule has 3 aliphatic rings. The van der Waals surface area contributed by atoms with E-state index in [1.165, 1.54) is 6.42 Å². The number of carboxylic acid groups (broad SMARTS) is 1. The van der Waals surface area contributed by atoms with E-state index in [4.69, 9.17) is 0 Å². The number of nitrogens with zero attached hydrogens (tertiary/aromatic N) is 1. The summed E-state index contributed by atoms with van der Waals surface area (Å²) in [5, 5.41) is 21.1. The molecule has 5 heteroatoms. The van der Waals surface area contributed by atoms with Gasteiger partial charge >= 0.3 is 5.97 Å². The number of aliphatic carboxylic acids is 1. The van der Waals surface area contributed by atoms with E-state index in [2.05, 4.69) is 12.2 Å². The third-order valence-electron chi connectivity index (χ3n) is 6.47. The van der Waals surface area contributed by atoms with Crippen molar-refractivity contribution in [3.8, 4) is 0 Å². The minimum absolute atomic E-state index is 0.0542. The largest absolute Gasteiger partial charge is 0.481 e. The van der Waals surface area contributed by atoms with Crippen molar-refractivity contribution in [1.82, 2.24) is 0 Å². The van der Waals surface area contributed by atoms with E-state index in [1.54, 1.807) is 0 Å². The quantitative estimate of drug-likeness (QED) is 0.490. The molecule has 2 saturated carbocycles. The van der Waals surface area contributed by atoms with E-state index >= 15 is 0 Å². The predicted octanol–water partition coefficient (Wildman–Crippen LogP) is 3.37. The fraction of sp³-hybridized carbons (Fsp3) is 0.824. The second kappa shape index (κ2) is 4.56. The second-order valence-corrected chi connectivity index (χ2v) is 8.64. The number of hydrogen-bond donors (Lipinski definition) is 1. The van der Waals surface area contributed by atoms with Gasteiger partial charge < -0.3 is 5.11 Å². The SMILES string of the molecule is CC(C)(C)C(C(=O)O)[C@]1(C[N+](=O)[O-])C[C@H]2[C@H]1C=CC21CCC1. The van der Waals surface area contributed by atoms with Crippen molar-refractivity contribution in [2.24, 2.45) is 34.0 Å². The minimum atomic E-state index is -0.893. The van der Waals surface area contributed by atoms with Crippen LogP contribution in [0.5, 0.6) is 0 Å². The van der Waals surface area contributed by atoms with Crippen LogP contribution < -0.4 is 0 Å². The van der Waals surface area contributed by atoms with Gasteiger partial charge in [-0.2, -0.15) is 0 Å². The van der Waals surface area contributed by atoms with Crippen LogP contribution in [0.25, 0.3) is 0 Å². The summed E-state index contributed by atoms with van der Waals surface area (Å²) in [6.45, 7) is 5.43. The van der Waals surface area contributed by atoms with Gasteiger partial charge in [0, 0.05) is 4.92 Å². The number of allylic oxidation sites excluding steroid dienone is 2. The van der Waals surface area contributed by atoms with Crippen LogP contribution in [0.1, 0.15) is 46.5 Å². The molecule has 2 fully saturated rings. The Hall–Kier alpha value is -1.39. The molecule has 22 heavy (non-hydrogen) atoms. The average Bonchev–Trinajstić information content (AvgIpc) is 2.59. The maximum Gasteiger partial charge on any atom is 0.307 e. The Morgan fingerprint density at radius 2 is 2.09 bits per heavy atom. The van der Waals surface area contributed by atoms with Gasteiger partial charge in [-0.15, -0.1) is 0 Å². The first-order chi connectivity index (χ1) is 10.1. The van der Waals surface area contributed by atoms with Crippen molar-refractivity contribution in [2.75, 3.05) is 6.54 Å². The van der Waals surface area contributed by atoms with Crippen molar-refractivity contribution in [2.45, 2.75) is 46.5 Å². The average molecular weight is 307 g/mol. The van der Waals surface area contributed by atoms with E-state index in [0.29, 0.717) is 12.3 Å². The summed E-state index contributed by atoms with van der Waals surface area (Å²) >= 11 is 0. The Labute approximate surface area is 130 Å². The van der Waals surface area contributed by atoms with E-state index in [1.807, 2.05) is 20.8 Å². The van der Waals surface area contributed by atoms with Gasteiger partial charge in [-0.1, -0.05) is 39.3 Å². The maximum absolute atomic E-state index is 12.0. The summed E-state index contributed by atoms with van der Waals surface area (Å²) in [5.74, 6) is -1.11. The molecule has 4 atom stereocenters. The molecule has 0 bridgehead atoms. The molecule has 0 aromatic heterocycles. The Morgan fingerprint density at radius 1 is 1.45 bits per heavy atom. The molecule has 0 amide bonds. The molecule has 0 heterocycles. The van der Waals surface area contributed by atoms with Crippen molar-refractivity contribution in [3.05, 3.63) is 22.3 Å². The molecule has 122 valence electrons. The monoisotopic (exact) mass is 307 g/mol. The highest BCUT2D eigenvalue weighted by Crippen LogP contribution is 2.71. The van der Waals surface area contributed by atoms with Crippen molar-refractivity contribution < 1.29 is 14.8 Å². The van der Waals surface area contributed by atoms with E-state index in [9.17, 15) is 20.0 Å². The molecule has 0 aromatic rings. The lowest BCUT2D eigenvalue weighted by molar-refractivity contribution is -0.511. The number of nitro groups is 1. The standard InChI is InChI=1S/C17H25NO4/c1-15(2,3)13(14(19)20)17(10-18(21)22)9-12-11(17)5-8-16(12)6-4-7-16/h5,8,11-13H,4,6-7,9-10H2,1-3H3,(H,19,20)/t11-,12+,13?,17+/m1/s1. The minimum Gasteiger partial charge on any atom is -0.481 e. The van der Waals surface area contributed by atoms with E-state index < -0.39 is 22.7 Å². The Kier molecular flexibility index (Phi) is 3.21. The number of fused-ring (bicyclic) bond motifs is 2.